The van der Waals surface area contributed by atoms with E-state index in [-0.39, 0.29) is 0 Å². The summed E-state index contributed by atoms with van der Waals surface area (Å²) in [5.74, 6) is 1.79. The van der Waals surface area contributed by atoms with Crippen molar-refractivity contribution in [1.29, 1.82) is 0 Å². The lowest BCUT2D eigenvalue weighted by Gasteiger charge is -2.19. The Morgan fingerprint density at radius 2 is 2.36 bits per heavy atom. The van der Waals surface area contributed by atoms with E-state index in [2.05, 4.69) is 38.9 Å². The monoisotopic (exact) mass is 261 g/mol. The second-order valence-electron chi connectivity index (χ2n) is 2.50. The lowest BCUT2D eigenvalue weighted by Crippen LogP contribution is -2.23. The van der Waals surface area contributed by atoms with Gasteiger partial charge in [-0.05, 0) is 34.7 Å². The third-order valence-corrected chi connectivity index (χ3v) is 2.32. The van der Waals surface area contributed by atoms with Crippen molar-refractivity contribution in [1.82, 2.24) is 10.2 Å². The molecule has 2 heterocycles. The fourth-order valence-corrected chi connectivity index (χ4v) is 1.69. The Kier molecular flexibility index (Phi) is 1.56. The normalized spacial score (nSPS) is 21.5. The van der Waals surface area contributed by atoms with Crippen LogP contribution in [0.3, 0.4) is 0 Å². The first-order chi connectivity index (χ1) is 5.25. The highest BCUT2D eigenvalue weighted by Gasteiger charge is 2.17. The first-order valence-electron chi connectivity index (χ1n) is 3.33. The quantitative estimate of drug-likeness (QED) is 0.634. The van der Waals surface area contributed by atoms with Crippen LogP contribution in [0, 0.1) is 0 Å². The zero-order valence-corrected chi connectivity index (χ0v) is 8.00. The smallest absolute Gasteiger partial charge is 0.118 e. The number of nitrogens with zero attached hydrogens (tertiary/aromatic N) is 1. The maximum absolute atomic E-state index is 5.58. The van der Waals surface area contributed by atoms with Crippen LogP contribution in [0.4, 0.5) is 0 Å². The highest BCUT2D eigenvalue weighted by atomic mass is 127. The number of nitrogens with two attached hydrogens (primary N) is 1. The third kappa shape index (κ3) is 1.22. The van der Waals surface area contributed by atoms with E-state index in [4.69, 9.17) is 5.73 Å². The van der Waals surface area contributed by atoms with Gasteiger partial charge in [0.05, 0.1) is 6.54 Å². The van der Waals surface area contributed by atoms with E-state index in [0.29, 0.717) is 0 Å². The molecule has 0 bridgehead atoms. The second-order valence-corrected chi connectivity index (χ2v) is 3.89. The van der Waals surface area contributed by atoms with Crippen LogP contribution in [0.5, 0.6) is 0 Å². The van der Waals surface area contributed by atoms with E-state index in [1.54, 1.807) is 0 Å². The van der Waals surface area contributed by atoms with Gasteiger partial charge in [0.2, 0.25) is 0 Å². The Morgan fingerprint density at radius 1 is 1.55 bits per heavy atom. The fourth-order valence-electron chi connectivity index (χ4n) is 1.14. The van der Waals surface area contributed by atoms with Crippen LogP contribution in [-0.2, 0) is 0 Å². The SMILES string of the molecule is NC1=CN2CC(I)=CC=C2N1. The molecule has 0 fully saturated rings. The molecule has 0 unspecified atom stereocenters. The maximum atomic E-state index is 5.58. The van der Waals surface area contributed by atoms with E-state index in [1.807, 2.05) is 12.3 Å². The van der Waals surface area contributed by atoms with Gasteiger partial charge in [0.1, 0.15) is 11.6 Å². The molecule has 3 N–H and O–H groups in total. The molecule has 0 amide bonds. The number of nitrogens with one attached hydrogen (secondary N) is 1. The number of halogens is 1. The van der Waals surface area contributed by atoms with Gasteiger partial charge in [0.25, 0.3) is 0 Å². The van der Waals surface area contributed by atoms with Gasteiger partial charge in [-0.3, -0.25) is 0 Å². The van der Waals surface area contributed by atoms with E-state index in [9.17, 15) is 0 Å². The van der Waals surface area contributed by atoms with Gasteiger partial charge in [-0.25, -0.2) is 0 Å². The van der Waals surface area contributed by atoms with E-state index in [1.165, 1.54) is 3.58 Å². The summed E-state index contributed by atoms with van der Waals surface area (Å²) in [6.07, 6.45) is 6.03. The van der Waals surface area contributed by atoms with Crippen molar-refractivity contribution in [3.05, 3.63) is 33.6 Å². The van der Waals surface area contributed by atoms with E-state index in [0.717, 1.165) is 18.2 Å². The molecule has 2 aliphatic heterocycles. The molecular formula is C7H8IN3. The van der Waals surface area contributed by atoms with Crippen molar-refractivity contribution in [2.45, 2.75) is 0 Å². The van der Waals surface area contributed by atoms with Crippen molar-refractivity contribution >= 4 is 22.6 Å². The number of fused-ring (bicyclic) bond motifs is 1. The first-order valence-corrected chi connectivity index (χ1v) is 4.41. The minimum absolute atomic E-state index is 0.718. The van der Waals surface area contributed by atoms with Crippen LogP contribution in [0.15, 0.2) is 33.6 Å². The molecule has 0 aromatic rings. The summed E-state index contributed by atoms with van der Waals surface area (Å²) in [7, 11) is 0. The van der Waals surface area contributed by atoms with E-state index >= 15 is 0 Å². The topological polar surface area (TPSA) is 41.3 Å². The molecule has 0 saturated carbocycles. The summed E-state index contributed by atoms with van der Waals surface area (Å²) in [4.78, 5) is 2.09. The first kappa shape index (κ1) is 7.02. The Morgan fingerprint density at radius 3 is 3.18 bits per heavy atom. The Hall–Kier alpha value is -0.650. The van der Waals surface area contributed by atoms with Crippen LogP contribution in [0.25, 0.3) is 0 Å². The molecule has 0 aliphatic carbocycles. The third-order valence-electron chi connectivity index (χ3n) is 1.62. The van der Waals surface area contributed by atoms with Gasteiger partial charge < -0.3 is 16.0 Å². The highest BCUT2D eigenvalue weighted by molar-refractivity contribution is 14.1. The summed E-state index contributed by atoms with van der Waals surface area (Å²) < 4.78 is 1.32. The Balaban J connectivity index is 2.27. The standard InChI is InChI=1S/C7H8IN3/c8-5-1-2-7-10-6(9)4-11(7)3-5/h1-2,4,10H,3,9H2. The zero-order chi connectivity index (χ0) is 7.84. The average Bonchev–Trinajstić information content (AvgIpc) is 2.27. The lowest BCUT2D eigenvalue weighted by molar-refractivity contribution is 0.511. The van der Waals surface area contributed by atoms with Gasteiger partial charge in [-0.1, -0.05) is 0 Å². The summed E-state index contributed by atoms with van der Waals surface area (Å²) in [6.45, 7) is 0.931. The number of hydrogen-bond donors (Lipinski definition) is 2. The number of allylic oxidation sites excluding steroid dienone is 2. The zero-order valence-electron chi connectivity index (χ0n) is 5.84. The lowest BCUT2D eigenvalue weighted by atomic mass is 10.3. The summed E-state index contributed by atoms with van der Waals surface area (Å²) in [5.41, 5.74) is 5.58. The van der Waals surface area contributed by atoms with Crippen LogP contribution < -0.4 is 11.1 Å². The van der Waals surface area contributed by atoms with Crippen molar-refractivity contribution in [3.63, 3.8) is 0 Å². The molecule has 58 valence electrons. The molecule has 2 aliphatic rings. The van der Waals surface area contributed by atoms with Crippen LogP contribution in [0.2, 0.25) is 0 Å². The van der Waals surface area contributed by atoms with E-state index < -0.39 is 0 Å². The largest absolute Gasteiger partial charge is 0.384 e. The van der Waals surface area contributed by atoms with Crippen molar-refractivity contribution < 1.29 is 0 Å². The molecule has 0 saturated heterocycles. The molecule has 0 spiro atoms. The molecule has 0 aromatic carbocycles. The summed E-state index contributed by atoms with van der Waals surface area (Å²) in [5, 5.41) is 3.05. The summed E-state index contributed by atoms with van der Waals surface area (Å²) in [6, 6.07) is 0. The minimum atomic E-state index is 0.718. The van der Waals surface area contributed by atoms with Crippen molar-refractivity contribution in [2.24, 2.45) is 5.73 Å². The molecular weight excluding hydrogens is 253 g/mol. The molecule has 0 atom stereocenters. The minimum Gasteiger partial charge on any atom is -0.384 e. The van der Waals surface area contributed by atoms with Gasteiger partial charge in [0, 0.05) is 9.78 Å². The van der Waals surface area contributed by atoms with Crippen LogP contribution in [0.1, 0.15) is 0 Å². The summed E-state index contributed by atoms with van der Waals surface area (Å²) >= 11 is 2.32. The van der Waals surface area contributed by atoms with Gasteiger partial charge in [-0.15, -0.1) is 0 Å². The number of rotatable bonds is 0. The van der Waals surface area contributed by atoms with Crippen LogP contribution in [-0.4, -0.2) is 11.4 Å². The molecule has 2 rings (SSSR count). The fraction of sp³-hybridized carbons (Fsp3) is 0.143. The van der Waals surface area contributed by atoms with Crippen LogP contribution >= 0.6 is 22.6 Å². The molecule has 4 heteroatoms. The van der Waals surface area contributed by atoms with Gasteiger partial charge in [-0.2, -0.15) is 0 Å². The molecule has 11 heavy (non-hydrogen) atoms. The highest BCUT2D eigenvalue weighted by Crippen LogP contribution is 2.21. The molecule has 0 aromatic heterocycles. The molecule has 0 radical (unpaired) electrons. The molecule has 3 nitrogen and oxygen atoms in total. The second kappa shape index (κ2) is 2.44. The Labute approximate surface area is 78.8 Å². The predicted molar refractivity (Wildman–Crippen MR) is 52.3 cm³/mol. The Bertz CT molecular complexity index is 277. The predicted octanol–water partition coefficient (Wildman–Crippen LogP) is 0.823. The van der Waals surface area contributed by atoms with Crippen molar-refractivity contribution in [2.75, 3.05) is 6.54 Å². The van der Waals surface area contributed by atoms with Crippen molar-refractivity contribution in [3.8, 4) is 0 Å². The average molecular weight is 261 g/mol. The van der Waals surface area contributed by atoms with Gasteiger partial charge >= 0.3 is 0 Å². The van der Waals surface area contributed by atoms with Gasteiger partial charge in [0.15, 0.2) is 0 Å². The maximum Gasteiger partial charge on any atom is 0.118 e. The number of hydrogen-bond acceptors (Lipinski definition) is 3.